The fraction of sp³-hybridized carbons (Fsp3) is 0.389. The lowest BCUT2D eigenvalue weighted by Crippen LogP contribution is -2.36. The average molecular weight is 312 g/mol. The minimum atomic E-state index is -0.258. The number of hydrogen-bond acceptors (Lipinski definition) is 3. The molecule has 1 saturated heterocycles. The summed E-state index contributed by atoms with van der Waals surface area (Å²) in [6.45, 7) is 4.65. The summed E-state index contributed by atoms with van der Waals surface area (Å²) >= 11 is 0. The van der Waals surface area contributed by atoms with Crippen molar-refractivity contribution in [3.63, 3.8) is 0 Å². The van der Waals surface area contributed by atoms with E-state index in [4.69, 9.17) is 5.73 Å². The van der Waals surface area contributed by atoms with Crippen LogP contribution in [0.5, 0.6) is 0 Å². The van der Waals surface area contributed by atoms with Gasteiger partial charge in [0.1, 0.15) is 23.4 Å². The van der Waals surface area contributed by atoms with Crippen LogP contribution in [0.3, 0.4) is 0 Å². The van der Waals surface area contributed by atoms with E-state index >= 15 is 0 Å². The monoisotopic (exact) mass is 312 g/mol. The van der Waals surface area contributed by atoms with Crippen molar-refractivity contribution in [3.8, 4) is 6.07 Å². The summed E-state index contributed by atoms with van der Waals surface area (Å²) in [5, 5.41) is 9.42. The molecule has 0 unspecified atom stereocenters. The molecule has 0 aliphatic carbocycles. The number of rotatable bonds is 3. The van der Waals surface area contributed by atoms with E-state index in [0.717, 1.165) is 30.9 Å². The Morgan fingerprint density at radius 2 is 2.09 bits per heavy atom. The quantitative estimate of drug-likeness (QED) is 0.945. The van der Waals surface area contributed by atoms with Crippen molar-refractivity contribution in [2.45, 2.75) is 26.3 Å². The van der Waals surface area contributed by atoms with E-state index in [2.05, 4.69) is 17.9 Å². The number of nitriles is 1. The molecule has 0 spiro atoms. The Labute approximate surface area is 135 Å². The van der Waals surface area contributed by atoms with E-state index in [0.29, 0.717) is 23.8 Å². The fourth-order valence-electron chi connectivity index (χ4n) is 3.32. The minimum absolute atomic E-state index is 0.258. The normalized spacial score (nSPS) is 18.0. The largest absolute Gasteiger partial charge is 0.396 e. The second-order valence-corrected chi connectivity index (χ2v) is 6.33. The Morgan fingerprint density at radius 1 is 1.35 bits per heavy atom. The van der Waals surface area contributed by atoms with E-state index in [-0.39, 0.29) is 5.82 Å². The molecule has 4 nitrogen and oxygen atoms in total. The zero-order chi connectivity index (χ0) is 16.4. The molecule has 120 valence electrons. The molecule has 1 aliphatic heterocycles. The topological polar surface area (TPSA) is 58.0 Å². The first-order chi connectivity index (χ1) is 11.1. The molecule has 5 heteroatoms. The first-order valence-electron chi connectivity index (χ1n) is 7.97. The summed E-state index contributed by atoms with van der Waals surface area (Å²) in [4.78, 5) is 2.27. The van der Waals surface area contributed by atoms with Crippen LogP contribution >= 0.6 is 0 Å². The molecule has 2 N–H and O–H groups in total. The zero-order valence-corrected chi connectivity index (χ0v) is 13.3. The van der Waals surface area contributed by atoms with Crippen molar-refractivity contribution in [1.29, 1.82) is 5.26 Å². The molecule has 0 amide bonds. The van der Waals surface area contributed by atoms with Gasteiger partial charge in [0.2, 0.25) is 0 Å². The molecule has 2 aromatic rings. The predicted octanol–water partition coefficient (Wildman–Crippen LogP) is 3.37. The molecule has 1 fully saturated rings. The summed E-state index contributed by atoms with van der Waals surface area (Å²) in [7, 11) is 0. The van der Waals surface area contributed by atoms with Gasteiger partial charge in [0.25, 0.3) is 0 Å². The first-order valence-corrected chi connectivity index (χ1v) is 7.97. The van der Waals surface area contributed by atoms with Gasteiger partial charge in [-0.1, -0.05) is 19.1 Å². The van der Waals surface area contributed by atoms with Crippen molar-refractivity contribution in [1.82, 2.24) is 4.57 Å². The van der Waals surface area contributed by atoms with Gasteiger partial charge in [-0.15, -0.1) is 0 Å². The number of aromatic nitrogens is 1. The lowest BCUT2D eigenvalue weighted by atomic mass is 10.0. The van der Waals surface area contributed by atoms with Crippen LogP contribution < -0.4 is 10.6 Å². The van der Waals surface area contributed by atoms with E-state index in [9.17, 15) is 9.65 Å². The Morgan fingerprint density at radius 3 is 2.74 bits per heavy atom. The Bertz CT molecular complexity index is 727. The number of halogens is 1. The van der Waals surface area contributed by atoms with Crippen LogP contribution in [-0.2, 0) is 6.54 Å². The Balaban J connectivity index is 1.97. The molecule has 2 heterocycles. The molecule has 3 rings (SSSR count). The summed E-state index contributed by atoms with van der Waals surface area (Å²) in [5.74, 6) is 1.27. The van der Waals surface area contributed by atoms with Gasteiger partial charge >= 0.3 is 0 Å². The van der Waals surface area contributed by atoms with Gasteiger partial charge in [-0.05, 0) is 42.5 Å². The number of hydrogen-bond donors (Lipinski definition) is 1. The highest BCUT2D eigenvalue weighted by molar-refractivity contribution is 5.68. The van der Waals surface area contributed by atoms with Crippen LogP contribution in [0.1, 0.15) is 31.0 Å². The summed E-state index contributed by atoms with van der Waals surface area (Å²) in [6, 6.07) is 10.3. The number of nitrogen functional groups attached to an aromatic ring is 1. The van der Waals surface area contributed by atoms with Gasteiger partial charge < -0.3 is 15.2 Å². The molecule has 1 aromatic carbocycles. The first kappa shape index (κ1) is 15.4. The van der Waals surface area contributed by atoms with E-state index in [1.165, 1.54) is 18.6 Å². The van der Waals surface area contributed by atoms with Crippen LogP contribution in [0.4, 0.5) is 15.9 Å². The van der Waals surface area contributed by atoms with Gasteiger partial charge in [-0.2, -0.15) is 5.26 Å². The third-order valence-electron chi connectivity index (χ3n) is 4.42. The number of benzene rings is 1. The van der Waals surface area contributed by atoms with E-state index in [1.54, 1.807) is 18.2 Å². The van der Waals surface area contributed by atoms with Crippen molar-refractivity contribution in [2.24, 2.45) is 5.92 Å². The number of piperidine rings is 1. The minimum Gasteiger partial charge on any atom is -0.396 e. The van der Waals surface area contributed by atoms with Crippen LogP contribution in [0.25, 0.3) is 0 Å². The molecule has 0 radical (unpaired) electrons. The highest BCUT2D eigenvalue weighted by Crippen LogP contribution is 2.32. The summed E-state index contributed by atoms with van der Waals surface area (Å²) in [6.07, 6.45) is 2.35. The molecular weight excluding hydrogens is 291 g/mol. The molecule has 1 atom stereocenters. The SMILES string of the molecule is C[C@@H]1CCCN(c2c(N)cc(C#N)n2Cc2ccc(F)cc2)C1. The lowest BCUT2D eigenvalue weighted by Gasteiger charge is -2.34. The van der Waals surface area contributed by atoms with Crippen LogP contribution in [0, 0.1) is 23.1 Å². The van der Waals surface area contributed by atoms with Gasteiger partial charge in [0.15, 0.2) is 0 Å². The summed E-state index contributed by atoms with van der Waals surface area (Å²) < 4.78 is 15.0. The maximum atomic E-state index is 13.1. The number of anilines is 2. The standard InChI is InChI=1S/C18H21FN4/c1-13-3-2-8-22(11-13)18-17(21)9-16(10-20)23(18)12-14-4-6-15(19)7-5-14/h4-7,9,13H,2-3,8,11-12,21H2,1H3/t13-/m1/s1. The third kappa shape index (κ3) is 3.16. The Kier molecular flexibility index (Phi) is 4.24. The molecule has 0 bridgehead atoms. The van der Waals surface area contributed by atoms with Crippen molar-refractivity contribution < 1.29 is 4.39 Å². The van der Waals surface area contributed by atoms with Crippen molar-refractivity contribution >= 4 is 11.5 Å². The van der Waals surface area contributed by atoms with Gasteiger partial charge in [0, 0.05) is 13.1 Å². The van der Waals surface area contributed by atoms with Gasteiger partial charge in [-0.25, -0.2) is 4.39 Å². The second-order valence-electron chi connectivity index (χ2n) is 6.33. The summed E-state index contributed by atoms with van der Waals surface area (Å²) in [5.41, 5.74) is 8.33. The van der Waals surface area contributed by atoms with Crippen molar-refractivity contribution in [3.05, 3.63) is 47.4 Å². The maximum absolute atomic E-state index is 13.1. The molecule has 0 saturated carbocycles. The zero-order valence-electron chi connectivity index (χ0n) is 13.3. The highest BCUT2D eigenvalue weighted by atomic mass is 19.1. The van der Waals surface area contributed by atoms with Crippen LogP contribution in [0.15, 0.2) is 30.3 Å². The van der Waals surface area contributed by atoms with Crippen LogP contribution in [-0.4, -0.2) is 17.7 Å². The predicted molar refractivity (Wildman–Crippen MR) is 89.7 cm³/mol. The highest BCUT2D eigenvalue weighted by Gasteiger charge is 2.23. The second kappa shape index (κ2) is 6.33. The van der Waals surface area contributed by atoms with Gasteiger partial charge in [-0.3, -0.25) is 0 Å². The van der Waals surface area contributed by atoms with Crippen LogP contribution in [0.2, 0.25) is 0 Å². The molecular formula is C18H21FN4. The Hall–Kier alpha value is -2.48. The van der Waals surface area contributed by atoms with Crippen molar-refractivity contribution in [2.75, 3.05) is 23.7 Å². The van der Waals surface area contributed by atoms with E-state index in [1.807, 2.05) is 4.57 Å². The number of nitrogens with zero attached hydrogens (tertiary/aromatic N) is 3. The molecule has 1 aliphatic rings. The smallest absolute Gasteiger partial charge is 0.133 e. The van der Waals surface area contributed by atoms with E-state index < -0.39 is 0 Å². The molecule has 23 heavy (non-hydrogen) atoms. The van der Waals surface area contributed by atoms with Gasteiger partial charge in [0.05, 0.1) is 12.2 Å². The third-order valence-corrected chi connectivity index (χ3v) is 4.42. The average Bonchev–Trinajstić information content (AvgIpc) is 2.85. The maximum Gasteiger partial charge on any atom is 0.133 e. The number of nitrogens with two attached hydrogens (primary N) is 1. The molecule has 1 aromatic heterocycles. The fourth-order valence-corrected chi connectivity index (χ4v) is 3.32. The lowest BCUT2D eigenvalue weighted by molar-refractivity contribution is 0.441.